The van der Waals surface area contributed by atoms with Crippen molar-refractivity contribution in [1.82, 2.24) is 21.5 Å². The Balaban J connectivity index is 1.34. The Kier molecular flexibility index (Phi) is 9.28. The van der Waals surface area contributed by atoms with Gasteiger partial charge in [-0.2, -0.15) is 0 Å². The van der Waals surface area contributed by atoms with Crippen LogP contribution in [0.25, 0.3) is 0 Å². The van der Waals surface area contributed by atoms with Crippen LogP contribution < -0.4 is 21.5 Å². The second kappa shape index (κ2) is 12.2. The van der Waals surface area contributed by atoms with Crippen molar-refractivity contribution in [2.45, 2.75) is 114 Å². The molecule has 4 aliphatic rings. The van der Waals surface area contributed by atoms with Crippen LogP contribution in [0.15, 0.2) is 4.99 Å². The van der Waals surface area contributed by atoms with Crippen molar-refractivity contribution in [3.8, 4) is 0 Å². The van der Waals surface area contributed by atoms with E-state index in [2.05, 4.69) is 28.4 Å². The van der Waals surface area contributed by atoms with Crippen LogP contribution in [-0.4, -0.2) is 42.2 Å². The number of halogens is 2. The minimum absolute atomic E-state index is 0.000456. The number of guanidine groups is 1. The molecule has 4 rings (SSSR count). The zero-order valence-corrected chi connectivity index (χ0v) is 20.9. The second-order valence-electron chi connectivity index (χ2n) is 11.0. The summed E-state index contributed by atoms with van der Waals surface area (Å²) in [4.78, 5) is 17.9. The number of carbonyl (C=O) groups excluding carboxylic acids is 1. The molecule has 4 unspecified atom stereocenters. The van der Waals surface area contributed by atoms with Crippen molar-refractivity contribution < 1.29 is 9.18 Å². The number of alkyl halides is 2. The molecule has 3 aliphatic carbocycles. The summed E-state index contributed by atoms with van der Waals surface area (Å²) in [6, 6.07) is 0.323. The van der Waals surface area contributed by atoms with E-state index in [1.54, 1.807) is 0 Å². The molecule has 0 aromatic rings. The van der Waals surface area contributed by atoms with E-state index in [-0.39, 0.29) is 23.4 Å². The Labute approximate surface area is 203 Å². The SMILES string of the molecule is CC1CCCCC1CN=C(NC(=O)C1CCC(Cl)CC1)NC1CC(C2CCC(F)CC2)NN1. The summed E-state index contributed by atoms with van der Waals surface area (Å²) < 4.78 is 13.5. The van der Waals surface area contributed by atoms with Crippen molar-refractivity contribution in [3.05, 3.63) is 0 Å². The standard InChI is InChI=1S/C25H43ClFN5O/c1-16-4-2-3-5-19(16)15-28-25(30-24(33)18-6-10-20(26)11-7-18)29-23-14-22(31-32-23)17-8-12-21(27)13-9-17/h16-23,31-32H,2-15H2,1H3,(H2,28,29,30,33). The van der Waals surface area contributed by atoms with Crippen LogP contribution in [0.4, 0.5) is 4.39 Å². The van der Waals surface area contributed by atoms with Crippen LogP contribution in [0, 0.1) is 23.7 Å². The Morgan fingerprint density at radius 1 is 1.00 bits per heavy atom. The van der Waals surface area contributed by atoms with Crippen LogP contribution in [0.2, 0.25) is 0 Å². The van der Waals surface area contributed by atoms with Gasteiger partial charge in [-0.25, -0.2) is 9.82 Å². The molecule has 1 amide bonds. The molecule has 3 saturated carbocycles. The summed E-state index contributed by atoms with van der Waals surface area (Å²) in [6.45, 7) is 3.08. The molecule has 1 aliphatic heterocycles. The highest BCUT2D eigenvalue weighted by atomic mass is 35.5. The van der Waals surface area contributed by atoms with E-state index < -0.39 is 6.17 Å². The lowest BCUT2D eigenvalue weighted by molar-refractivity contribution is -0.124. The van der Waals surface area contributed by atoms with Crippen molar-refractivity contribution in [2.75, 3.05) is 6.54 Å². The van der Waals surface area contributed by atoms with Gasteiger partial charge in [-0.1, -0.05) is 26.2 Å². The van der Waals surface area contributed by atoms with E-state index in [1.165, 1.54) is 25.7 Å². The molecule has 0 radical (unpaired) electrons. The van der Waals surface area contributed by atoms with E-state index in [9.17, 15) is 9.18 Å². The summed E-state index contributed by atoms with van der Waals surface area (Å²) in [7, 11) is 0. The monoisotopic (exact) mass is 483 g/mol. The lowest BCUT2D eigenvalue weighted by Crippen LogP contribution is -2.52. The fourth-order valence-corrected chi connectivity index (χ4v) is 6.41. The average Bonchev–Trinajstić information content (AvgIpc) is 3.27. The lowest BCUT2D eigenvalue weighted by atomic mass is 9.80. The maximum absolute atomic E-state index is 13.5. The molecule has 4 N–H and O–H groups in total. The molecule has 6 nitrogen and oxygen atoms in total. The predicted molar refractivity (Wildman–Crippen MR) is 132 cm³/mol. The molecule has 0 spiro atoms. The molecule has 1 heterocycles. The topological polar surface area (TPSA) is 77.5 Å². The number of hydrazine groups is 1. The van der Waals surface area contributed by atoms with Gasteiger partial charge in [0.25, 0.3) is 0 Å². The van der Waals surface area contributed by atoms with Crippen molar-refractivity contribution in [1.29, 1.82) is 0 Å². The molecule has 8 heteroatoms. The quantitative estimate of drug-likeness (QED) is 0.265. The zero-order chi connectivity index (χ0) is 23.2. The van der Waals surface area contributed by atoms with Gasteiger partial charge >= 0.3 is 0 Å². The first-order valence-electron chi connectivity index (χ1n) is 13.4. The number of aliphatic imine (C=N–C) groups is 1. The van der Waals surface area contributed by atoms with Gasteiger partial charge in [0.1, 0.15) is 6.17 Å². The number of rotatable bonds is 5. The third-order valence-corrected chi connectivity index (χ3v) is 8.99. The number of hydrogen-bond acceptors (Lipinski definition) is 4. The maximum atomic E-state index is 13.5. The largest absolute Gasteiger partial charge is 0.339 e. The first kappa shape index (κ1) is 25.2. The van der Waals surface area contributed by atoms with E-state index in [4.69, 9.17) is 16.6 Å². The Morgan fingerprint density at radius 2 is 1.73 bits per heavy atom. The van der Waals surface area contributed by atoms with Crippen LogP contribution in [-0.2, 0) is 4.79 Å². The number of carbonyl (C=O) groups is 1. The van der Waals surface area contributed by atoms with E-state index >= 15 is 0 Å². The van der Waals surface area contributed by atoms with Crippen molar-refractivity contribution in [3.63, 3.8) is 0 Å². The Bertz CT molecular complexity index is 663. The van der Waals surface area contributed by atoms with E-state index in [0.29, 0.717) is 42.6 Å². The van der Waals surface area contributed by atoms with Crippen LogP contribution in [0.1, 0.15) is 90.4 Å². The number of nitrogens with zero attached hydrogens (tertiary/aromatic N) is 1. The molecule has 0 aromatic carbocycles. The van der Waals surface area contributed by atoms with Gasteiger partial charge < -0.3 is 5.32 Å². The number of hydrogen-bond donors (Lipinski definition) is 4. The molecule has 4 fully saturated rings. The molecular weight excluding hydrogens is 441 g/mol. The Hall–Kier alpha value is -0.920. The predicted octanol–water partition coefficient (Wildman–Crippen LogP) is 4.39. The average molecular weight is 484 g/mol. The molecule has 1 saturated heterocycles. The fourth-order valence-electron chi connectivity index (χ4n) is 6.16. The summed E-state index contributed by atoms with van der Waals surface area (Å²) in [5, 5.41) is 6.79. The smallest absolute Gasteiger partial charge is 0.229 e. The van der Waals surface area contributed by atoms with E-state index in [0.717, 1.165) is 51.5 Å². The van der Waals surface area contributed by atoms with Gasteiger partial charge in [0.2, 0.25) is 5.91 Å². The van der Waals surface area contributed by atoms with Crippen LogP contribution in [0.5, 0.6) is 0 Å². The molecule has 188 valence electrons. The highest BCUT2D eigenvalue weighted by molar-refractivity contribution is 6.20. The highest BCUT2D eigenvalue weighted by Crippen LogP contribution is 2.32. The summed E-state index contributed by atoms with van der Waals surface area (Å²) in [5.74, 6) is 2.43. The van der Waals surface area contributed by atoms with Crippen LogP contribution >= 0.6 is 11.6 Å². The van der Waals surface area contributed by atoms with Gasteiger partial charge in [0.05, 0.1) is 6.17 Å². The first-order chi connectivity index (χ1) is 16.0. The fraction of sp³-hybridized carbons (Fsp3) is 0.920. The second-order valence-corrected chi connectivity index (χ2v) is 11.6. The lowest BCUT2D eigenvalue weighted by Gasteiger charge is -2.29. The molecular formula is C25H43ClFN5O. The Morgan fingerprint density at radius 3 is 2.45 bits per heavy atom. The van der Waals surface area contributed by atoms with Crippen molar-refractivity contribution >= 4 is 23.5 Å². The van der Waals surface area contributed by atoms with Gasteiger partial charge in [-0.15, -0.1) is 11.6 Å². The normalized spacial score (nSPS) is 40.4. The van der Waals surface area contributed by atoms with Crippen molar-refractivity contribution in [2.24, 2.45) is 28.7 Å². The molecule has 33 heavy (non-hydrogen) atoms. The number of amides is 1. The third kappa shape index (κ3) is 7.28. The molecule has 0 bridgehead atoms. The van der Waals surface area contributed by atoms with Gasteiger partial charge in [0.15, 0.2) is 5.96 Å². The maximum Gasteiger partial charge on any atom is 0.229 e. The molecule has 4 atom stereocenters. The van der Waals surface area contributed by atoms with E-state index in [1.807, 2.05) is 0 Å². The highest BCUT2D eigenvalue weighted by Gasteiger charge is 2.34. The van der Waals surface area contributed by atoms with Gasteiger partial charge in [-0.05, 0) is 82.0 Å². The molecule has 0 aromatic heterocycles. The summed E-state index contributed by atoms with van der Waals surface area (Å²) in [5.41, 5.74) is 6.76. The summed E-state index contributed by atoms with van der Waals surface area (Å²) >= 11 is 6.24. The minimum Gasteiger partial charge on any atom is -0.339 e. The minimum atomic E-state index is -0.630. The summed E-state index contributed by atoms with van der Waals surface area (Å²) in [6.07, 6.45) is 12.1. The van der Waals surface area contributed by atoms with Gasteiger partial charge in [-0.3, -0.25) is 20.5 Å². The van der Waals surface area contributed by atoms with Gasteiger partial charge in [0, 0.05) is 23.9 Å². The zero-order valence-electron chi connectivity index (χ0n) is 20.1. The number of nitrogens with one attached hydrogen (secondary N) is 4. The van der Waals surface area contributed by atoms with Crippen LogP contribution in [0.3, 0.4) is 0 Å². The third-order valence-electron chi connectivity index (χ3n) is 8.56. The first-order valence-corrected chi connectivity index (χ1v) is 13.8.